The summed E-state index contributed by atoms with van der Waals surface area (Å²) in [6.07, 6.45) is 1.65. The van der Waals surface area contributed by atoms with Crippen molar-refractivity contribution < 1.29 is 9.66 Å². The van der Waals surface area contributed by atoms with E-state index in [-0.39, 0.29) is 11.4 Å². The highest BCUT2D eigenvalue weighted by Gasteiger charge is 2.14. The number of nitro groups is 1. The lowest BCUT2D eigenvalue weighted by Crippen LogP contribution is -2.08. The molecule has 92 valence electrons. The summed E-state index contributed by atoms with van der Waals surface area (Å²) < 4.78 is 4.91. The van der Waals surface area contributed by atoms with Crippen molar-refractivity contribution in [3.63, 3.8) is 0 Å². The number of nitrogens with one attached hydrogen (secondary N) is 1. The number of nitrogens with two attached hydrogens (primary N) is 1. The second-order valence-electron chi connectivity index (χ2n) is 3.53. The Morgan fingerprint density at radius 3 is 2.88 bits per heavy atom. The minimum Gasteiger partial charge on any atom is -0.490 e. The molecule has 1 rings (SSSR count). The number of methoxy groups -OCH3 is 1. The SMILES string of the molecule is COc1ccc(CN/C=C(/C)N)cc1[N+](=O)[O-]. The molecular formula is C11H15N3O3. The summed E-state index contributed by atoms with van der Waals surface area (Å²) in [5.74, 6) is 0.254. The third-order valence-corrected chi connectivity index (χ3v) is 2.08. The quantitative estimate of drug-likeness (QED) is 0.598. The monoisotopic (exact) mass is 237 g/mol. The lowest BCUT2D eigenvalue weighted by atomic mass is 10.2. The van der Waals surface area contributed by atoms with Gasteiger partial charge >= 0.3 is 5.69 Å². The lowest BCUT2D eigenvalue weighted by molar-refractivity contribution is -0.385. The van der Waals surface area contributed by atoms with E-state index in [0.717, 1.165) is 5.56 Å². The molecule has 17 heavy (non-hydrogen) atoms. The summed E-state index contributed by atoms with van der Waals surface area (Å²) in [5.41, 5.74) is 6.84. The number of ether oxygens (including phenoxy) is 1. The predicted molar refractivity (Wildman–Crippen MR) is 64.4 cm³/mol. The van der Waals surface area contributed by atoms with E-state index in [0.29, 0.717) is 12.2 Å². The van der Waals surface area contributed by atoms with Gasteiger partial charge in [-0.2, -0.15) is 0 Å². The molecule has 6 nitrogen and oxygen atoms in total. The standard InChI is InChI=1S/C11H15N3O3/c1-8(12)6-13-7-9-3-4-11(17-2)10(5-9)14(15)16/h3-6,13H,7,12H2,1-2H3/b8-6-. The zero-order valence-corrected chi connectivity index (χ0v) is 9.77. The van der Waals surface area contributed by atoms with Gasteiger partial charge in [0, 0.05) is 24.5 Å². The molecular weight excluding hydrogens is 222 g/mol. The Hall–Kier alpha value is -2.24. The molecule has 0 heterocycles. The molecule has 0 aliphatic carbocycles. The fraction of sp³-hybridized carbons (Fsp3) is 0.273. The first-order valence-corrected chi connectivity index (χ1v) is 5.01. The maximum atomic E-state index is 10.8. The van der Waals surface area contributed by atoms with Crippen LogP contribution in [0.2, 0.25) is 0 Å². The van der Waals surface area contributed by atoms with Crippen molar-refractivity contribution in [1.29, 1.82) is 0 Å². The second-order valence-corrected chi connectivity index (χ2v) is 3.53. The zero-order chi connectivity index (χ0) is 12.8. The van der Waals surface area contributed by atoms with E-state index in [1.54, 1.807) is 25.3 Å². The first-order chi connectivity index (χ1) is 8.04. The molecule has 0 amide bonds. The molecule has 0 aliphatic heterocycles. The van der Waals surface area contributed by atoms with E-state index in [4.69, 9.17) is 10.5 Å². The highest BCUT2D eigenvalue weighted by Crippen LogP contribution is 2.27. The van der Waals surface area contributed by atoms with Crippen LogP contribution in [0.1, 0.15) is 12.5 Å². The van der Waals surface area contributed by atoms with Gasteiger partial charge in [0.15, 0.2) is 5.75 Å². The molecule has 0 aliphatic rings. The summed E-state index contributed by atoms with van der Waals surface area (Å²) in [4.78, 5) is 10.3. The van der Waals surface area contributed by atoms with Gasteiger partial charge in [0.25, 0.3) is 0 Å². The number of hydrogen-bond acceptors (Lipinski definition) is 5. The fourth-order valence-corrected chi connectivity index (χ4v) is 1.32. The van der Waals surface area contributed by atoms with E-state index >= 15 is 0 Å². The van der Waals surface area contributed by atoms with Gasteiger partial charge in [-0.25, -0.2) is 0 Å². The Morgan fingerprint density at radius 2 is 2.35 bits per heavy atom. The van der Waals surface area contributed by atoms with Crippen molar-refractivity contribution >= 4 is 5.69 Å². The Morgan fingerprint density at radius 1 is 1.65 bits per heavy atom. The van der Waals surface area contributed by atoms with Gasteiger partial charge in [0.2, 0.25) is 0 Å². The van der Waals surface area contributed by atoms with Crippen molar-refractivity contribution in [3.05, 3.63) is 45.8 Å². The van der Waals surface area contributed by atoms with Crippen LogP contribution in [0, 0.1) is 10.1 Å². The number of nitrogens with zero attached hydrogens (tertiary/aromatic N) is 1. The molecule has 0 unspecified atom stereocenters. The van der Waals surface area contributed by atoms with Gasteiger partial charge in [-0.05, 0) is 18.6 Å². The predicted octanol–water partition coefficient (Wildman–Crippen LogP) is 1.51. The Bertz CT molecular complexity index is 440. The van der Waals surface area contributed by atoms with Crippen LogP contribution >= 0.6 is 0 Å². The molecule has 0 saturated carbocycles. The van der Waals surface area contributed by atoms with Gasteiger partial charge in [-0.3, -0.25) is 10.1 Å². The Kier molecular flexibility index (Phi) is 4.33. The molecule has 0 saturated heterocycles. The van der Waals surface area contributed by atoms with Crippen molar-refractivity contribution in [2.24, 2.45) is 5.73 Å². The minimum atomic E-state index is -0.466. The average molecular weight is 237 g/mol. The number of hydrogen-bond donors (Lipinski definition) is 2. The molecule has 3 N–H and O–H groups in total. The first-order valence-electron chi connectivity index (χ1n) is 5.01. The molecule has 0 spiro atoms. The molecule has 0 fully saturated rings. The number of allylic oxidation sites excluding steroid dienone is 1. The maximum Gasteiger partial charge on any atom is 0.311 e. The Labute approximate surface area is 99.2 Å². The zero-order valence-electron chi connectivity index (χ0n) is 9.77. The van der Waals surface area contributed by atoms with E-state index in [9.17, 15) is 10.1 Å². The van der Waals surface area contributed by atoms with Gasteiger partial charge in [-0.15, -0.1) is 0 Å². The van der Waals surface area contributed by atoms with Crippen LogP contribution in [0.5, 0.6) is 5.75 Å². The first kappa shape index (κ1) is 12.8. The number of nitro benzene ring substituents is 1. The molecule has 0 aromatic heterocycles. The van der Waals surface area contributed by atoms with Crippen molar-refractivity contribution in [2.45, 2.75) is 13.5 Å². The summed E-state index contributed by atoms with van der Waals surface area (Å²) in [5, 5.41) is 13.7. The van der Waals surface area contributed by atoms with Gasteiger partial charge in [0.1, 0.15) is 0 Å². The van der Waals surface area contributed by atoms with Gasteiger partial charge in [-0.1, -0.05) is 6.07 Å². The normalized spacial score (nSPS) is 11.1. The van der Waals surface area contributed by atoms with Crippen LogP contribution < -0.4 is 15.8 Å². The minimum absolute atomic E-state index is 0.0414. The highest BCUT2D eigenvalue weighted by molar-refractivity contribution is 5.48. The smallest absolute Gasteiger partial charge is 0.311 e. The van der Waals surface area contributed by atoms with Crippen LogP contribution in [0.3, 0.4) is 0 Å². The fourth-order valence-electron chi connectivity index (χ4n) is 1.32. The maximum absolute atomic E-state index is 10.8. The van der Waals surface area contributed by atoms with E-state index in [1.807, 2.05) is 0 Å². The van der Waals surface area contributed by atoms with E-state index in [1.165, 1.54) is 13.2 Å². The molecule has 1 aromatic carbocycles. The summed E-state index contributed by atoms with van der Waals surface area (Å²) in [6, 6.07) is 4.82. The molecule has 1 aromatic rings. The average Bonchev–Trinajstić information content (AvgIpc) is 2.28. The van der Waals surface area contributed by atoms with Crippen LogP contribution in [-0.4, -0.2) is 12.0 Å². The summed E-state index contributed by atoms with van der Waals surface area (Å²) >= 11 is 0. The summed E-state index contributed by atoms with van der Waals surface area (Å²) in [6.45, 7) is 2.23. The molecule has 0 radical (unpaired) electrons. The number of benzene rings is 1. The van der Waals surface area contributed by atoms with E-state index in [2.05, 4.69) is 5.32 Å². The summed E-state index contributed by atoms with van der Waals surface area (Å²) in [7, 11) is 1.40. The topological polar surface area (TPSA) is 90.4 Å². The second kappa shape index (κ2) is 5.74. The lowest BCUT2D eigenvalue weighted by Gasteiger charge is -2.05. The van der Waals surface area contributed by atoms with Crippen molar-refractivity contribution in [3.8, 4) is 5.75 Å². The van der Waals surface area contributed by atoms with Crippen LogP contribution in [-0.2, 0) is 6.54 Å². The Balaban J connectivity index is 2.85. The van der Waals surface area contributed by atoms with Crippen molar-refractivity contribution in [2.75, 3.05) is 7.11 Å². The molecule has 0 bridgehead atoms. The van der Waals surface area contributed by atoms with Crippen molar-refractivity contribution in [1.82, 2.24) is 5.32 Å². The number of rotatable bonds is 5. The molecule has 6 heteroatoms. The molecule has 0 atom stereocenters. The van der Waals surface area contributed by atoms with Crippen LogP contribution in [0.25, 0.3) is 0 Å². The van der Waals surface area contributed by atoms with Gasteiger partial charge < -0.3 is 15.8 Å². The van der Waals surface area contributed by atoms with Crippen LogP contribution in [0.4, 0.5) is 5.69 Å². The van der Waals surface area contributed by atoms with Crippen LogP contribution in [0.15, 0.2) is 30.1 Å². The van der Waals surface area contributed by atoms with E-state index < -0.39 is 4.92 Å². The third-order valence-electron chi connectivity index (χ3n) is 2.08. The highest BCUT2D eigenvalue weighted by atomic mass is 16.6. The third kappa shape index (κ3) is 3.67. The largest absolute Gasteiger partial charge is 0.490 e. The van der Waals surface area contributed by atoms with Gasteiger partial charge in [0.05, 0.1) is 12.0 Å².